The molecule has 1 aromatic carbocycles. The van der Waals surface area contributed by atoms with Crippen LogP contribution in [0.4, 0.5) is 0 Å². The van der Waals surface area contributed by atoms with E-state index in [1.165, 1.54) is 0 Å². The predicted molar refractivity (Wildman–Crippen MR) is 92.4 cm³/mol. The molecule has 0 spiro atoms. The lowest BCUT2D eigenvalue weighted by Crippen LogP contribution is -2.39. The summed E-state index contributed by atoms with van der Waals surface area (Å²) >= 11 is 0. The van der Waals surface area contributed by atoms with Crippen LogP contribution in [-0.4, -0.2) is 45.7 Å². The van der Waals surface area contributed by atoms with Gasteiger partial charge < -0.3 is 9.42 Å². The van der Waals surface area contributed by atoms with Gasteiger partial charge in [0.1, 0.15) is 5.71 Å². The molecule has 1 N–H and O–H groups in total. The Hall–Kier alpha value is -3.03. The van der Waals surface area contributed by atoms with Gasteiger partial charge in [0.2, 0.25) is 11.8 Å². The number of aromatic nitrogens is 2. The molecule has 1 fully saturated rings. The Morgan fingerprint density at radius 1 is 1.19 bits per heavy atom. The van der Waals surface area contributed by atoms with Crippen LogP contribution in [0.1, 0.15) is 42.0 Å². The number of amides is 2. The Labute approximate surface area is 150 Å². The van der Waals surface area contributed by atoms with Crippen LogP contribution in [0.3, 0.4) is 0 Å². The first-order chi connectivity index (χ1) is 12.6. The molecule has 4 rings (SSSR count). The van der Waals surface area contributed by atoms with Crippen molar-refractivity contribution in [2.45, 2.75) is 31.6 Å². The monoisotopic (exact) mass is 353 g/mol. The van der Waals surface area contributed by atoms with E-state index in [1.807, 2.05) is 30.3 Å². The van der Waals surface area contributed by atoms with Crippen molar-refractivity contribution in [2.24, 2.45) is 5.10 Å². The minimum atomic E-state index is -0.163. The lowest BCUT2D eigenvalue weighted by atomic mass is 9.89. The molecule has 134 valence electrons. The predicted octanol–water partition coefficient (Wildman–Crippen LogP) is 1.35. The van der Waals surface area contributed by atoms with Crippen molar-refractivity contribution in [3.8, 4) is 0 Å². The van der Waals surface area contributed by atoms with E-state index in [4.69, 9.17) is 4.52 Å². The highest BCUT2D eigenvalue weighted by molar-refractivity contribution is 6.39. The van der Waals surface area contributed by atoms with Crippen LogP contribution in [0, 0.1) is 6.92 Å². The fourth-order valence-corrected chi connectivity index (χ4v) is 3.53. The maximum atomic E-state index is 12.8. The summed E-state index contributed by atoms with van der Waals surface area (Å²) in [6, 6.07) is 10.0. The molecule has 2 atom stereocenters. The number of carbonyl (C=O) groups excluding carboxylic acids is 2. The van der Waals surface area contributed by atoms with Gasteiger partial charge in [-0.3, -0.25) is 9.59 Å². The van der Waals surface area contributed by atoms with Gasteiger partial charge in [-0.05, 0) is 12.5 Å². The van der Waals surface area contributed by atoms with Crippen molar-refractivity contribution in [1.29, 1.82) is 0 Å². The second kappa shape index (κ2) is 6.70. The van der Waals surface area contributed by atoms with E-state index >= 15 is 0 Å². The van der Waals surface area contributed by atoms with Gasteiger partial charge in [-0.2, -0.15) is 10.1 Å². The highest BCUT2D eigenvalue weighted by Crippen LogP contribution is 2.39. The summed E-state index contributed by atoms with van der Waals surface area (Å²) in [6.45, 7) is 2.80. The van der Waals surface area contributed by atoms with Crippen molar-refractivity contribution in [2.75, 3.05) is 13.1 Å². The fraction of sp³-hybridized carbons (Fsp3) is 0.389. The fourth-order valence-electron chi connectivity index (χ4n) is 3.53. The highest BCUT2D eigenvalue weighted by Gasteiger charge is 2.41. The van der Waals surface area contributed by atoms with Crippen molar-refractivity contribution in [3.05, 3.63) is 47.6 Å². The first-order valence-electron chi connectivity index (χ1n) is 8.61. The Balaban J connectivity index is 1.61. The molecule has 0 saturated carbocycles. The summed E-state index contributed by atoms with van der Waals surface area (Å²) < 4.78 is 5.40. The first-order valence-corrected chi connectivity index (χ1v) is 8.61. The molecule has 2 aromatic rings. The molecule has 8 nitrogen and oxygen atoms in total. The van der Waals surface area contributed by atoms with Crippen LogP contribution >= 0.6 is 0 Å². The van der Waals surface area contributed by atoms with Crippen LogP contribution in [0.15, 0.2) is 40.0 Å². The highest BCUT2D eigenvalue weighted by atomic mass is 16.5. The third-order valence-corrected chi connectivity index (χ3v) is 4.85. The SMILES string of the molecule is Cc1noc([C@H]2CN(C(=O)C3=NNC(=O)CC3)C[C@H]2c2ccccc2)n1. The van der Waals surface area contributed by atoms with Gasteiger partial charge in [0.25, 0.3) is 5.91 Å². The van der Waals surface area contributed by atoms with E-state index in [-0.39, 0.29) is 30.1 Å². The third kappa shape index (κ3) is 3.10. The number of nitrogens with one attached hydrogen (secondary N) is 1. The Morgan fingerprint density at radius 3 is 2.62 bits per heavy atom. The van der Waals surface area contributed by atoms with E-state index < -0.39 is 0 Å². The van der Waals surface area contributed by atoms with Crippen LogP contribution in [0.5, 0.6) is 0 Å². The molecular weight excluding hydrogens is 334 g/mol. The van der Waals surface area contributed by atoms with Crippen molar-refractivity contribution in [3.63, 3.8) is 0 Å². The smallest absolute Gasteiger partial charge is 0.270 e. The molecule has 0 bridgehead atoms. The maximum absolute atomic E-state index is 12.8. The molecule has 0 radical (unpaired) electrons. The third-order valence-electron chi connectivity index (χ3n) is 4.85. The van der Waals surface area contributed by atoms with E-state index in [0.717, 1.165) is 5.56 Å². The Morgan fingerprint density at radius 2 is 1.96 bits per heavy atom. The first kappa shape index (κ1) is 16.4. The van der Waals surface area contributed by atoms with Crippen molar-refractivity contribution < 1.29 is 14.1 Å². The Kier molecular flexibility index (Phi) is 4.24. The minimum Gasteiger partial charge on any atom is -0.339 e. The number of carbonyl (C=O) groups is 2. The number of hydrogen-bond acceptors (Lipinski definition) is 6. The summed E-state index contributed by atoms with van der Waals surface area (Å²) in [7, 11) is 0. The normalized spacial score (nSPS) is 22.9. The molecule has 26 heavy (non-hydrogen) atoms. The molecule has 3 heterocycles. The van der Waals surface area contributed by atoms with E-state index in [2.05, 4.69) is 20.7 Å². The van der Waals surface area contributed by atoms with Gasteiger partial charge in [0.15, 0.2) is 5.82 Å². The Bertz CT molecular complexity index is 861. The van der Waals surface area contributed by atoms with Gasteiger partial charge >= 0.3 is 0 Å². The van der Waals surface area contributed by atoms with Gasteiger partial charge in [-0.25, -0.2) is 5.43 Å². The molecule has 1 saturated heterocycles. The lowest BCUT2D eigenvalue weighted by Gasteiger charge is -2.19. The average molecular weight is 353 g/mol. The summed E-state index contributed by atoms with van der Waals surface area (Å²) in [5, 5.41) is 7.83. The number of nitrogens with zero attached hydrogens (tertiary/aromatic N) is 4. The van der Waals surface area contributed by atoms with E-state index in [0.29, 0.717) is 36.9 Å². The second-order valence-electron chi connectivity index (χ2n) is 6.61. The minimum absolute atomic E-state index is 0.0682. The summed E-state index contributed by atoms with van der Waals surface area (Å²) in [4.78, 5) is 30.2. The molecule has 2 aliphatic rings. The zero-order chi connectivity index (χ0) is 18.1. The summed E-state index contributed by atoms with van der Waals surface area (Å²) in [5.74, 6) is 0.815. The van der Waals surface area contributed by atoms with Gasteiger partial charge in [0, 0.05) is 31.8 Å². The number of likely N-dealkylation sites (tertiary alicyclic amines) is 1. The number of hydrazone groups is 1. The molecule has 2 aliphatic heterocycles. The van der Waals surface area contributed by atoms with Crippen LogP contribution in [0.2, 0.25) is 0 Å². The second-order valence-corrected chi connectivity index (χ2v) is 6.61. The van der Waals surface area contributed by atoms with Crippen LogP contribution < -0.4 is 5.43 Å². The molecule has 0 unspecified atom stereocenters. The van der Waals surface area contributed by atoms with Crippen LogP contribution in [0.25, 0.3) is 0 Å². The molecule has 1 aromatic heterocycles. The van der Waals surface area contributed by atoms with Crippen LogP contribution in [-0.2, 0) is 9.59 Å². The quantitative estimate of drug-likeness (QED) is 0.898. The average Bonchev–Trinajstić information content (AvgIpc) is 3.29. The van der Waals surface area contributed by atoms with Gasteiger partial charge in [-0.1, -0.05) is 35.5 Å². The molecular formula is C18H19N5O3. The van der Waals surface area contributed by atoms with Crippen molar-refractivity contribution >= 4 is 17.5 Å². The molecule has 8 heteroatoms. The number of benzene rings is 1. The number of rotatable bonds is 3. The van der Waals surface area contributed by atoms with E-state index in [1.54, 1.807) is 11.8 Å². The van der Waals surface area contributed by atoms with Crippen molar-refractivity contribution in [1.82, 2.24) is 20.5 Å². The molecule has 0 aliphatic carbocycles. The topological polar surface area (TPSA) is 101 Å². The summed E-state index contributed by atoms with van der Waals surface area (Å²) in [5.41, 5.74) is 3.90. The zero-order valence-electron chi connectivity index (χ0n) is 14.4. The maximum Gasteiger partial charge on any atom is 0.270 e. The molecule has 2 amide bonds. The zero-order valence-corrected chi connectivity index (χ0v) is 14.4. The lowest BCUT2D eigenvalue weighted by molar-refractivity contribution is -0.123. The van der Waals surface area contributed by atoms with Gasteiger partial charge in [0.05, 0.1) is 5.92 Å². The largest absolute Gasteiger partial charge is 0.339 e. The number of aryl methyl sites for hydroxylation is 1. The standard InChI is InChI=1S/C18H19N5O3/c1-11-19-17(26-22-11)14-10-23(9-13(14)12-5-3-2-4-6-12)18(25)15-7-8-16(24)21-20-15/h2-6,13-14H,7-10H2,1H3,(H,21,24)/t13-,14-/m0/s1. The van der Waals surface area contributed by atoms with Gasteiger partial charge in [-0.15, -0.1) is 0 Å². The summed E-state index contributed by atoms with van der Waals surface area (Å²) in [6.07, 6.45) is 0.647. The number of hydrogen-bond donors (Lipinski definition) is 1. The van der Waals surface area contributed by atoms with E-state index in [9.17, 15) is 9.59 Å².